The van der Waals surface area contributed by atoms with E-state index in [2.05, 4.69) is 9.89 Å². The van der Waals surface area contributed by atoms with Crippen LogP contribution in [0.15, 0.2) is 23.4 Å². The number of nitrogens with two attached hydrogens (primary N) is 1. The highest BCUT2D eigenvalue weighted by atomic mass is 16.5. The number of hydrogen-bond donors (Lipinski definition) is 2. The molecule has 1 aromatic carbocycles. The first-order valence-corrected chi connectivity index (χ1v) is 5.36. The number of oxime groups is 1. The fourth-order valence-electron chi connectivity index (χ4n) is 1.37. The standard InChI is InChI=1S/C12H16N2O4/c1-7(2)18-10-5-4-8(11(13)14-16)6-9(10)12(15)17-3/h4-7,16H,1-3H3,(H2,13,14). The maximum atomic E-state index is 11.6. The molecule has 0 amide bonds. The van der Waals surface area contributed by atoms with E-state index in [0.717, 1.165) is 0 Å². The lowest BCUT2D eigenvalue weighted by Crippen LogP contribution is -2.16. The number of methoxy groups -OCH3 is 1. The van der Waals surface area contributed by atoms with E-state index in [-0.39, 0.29) is 17.5 Å². The van der Waals surface area contributed by atoms with E-state index in [1.54, 1.807) is 12.1 Å². The fraction of sp³-hybridized carbons (Fsp3) is 0.333. The van der Waals surface area contributed by atoms with Crippen LogP contribution in [-0.4, -0.2) is 30.2 Å². The van der Waals surface area contributed by atoms with E-state index in [4.69, 9.17) is 15.7 Å². The van der Waals surface area contributed by atoms with Crippen molar-refractivity contribution in [1.82, 2.24) is 0 Å². The summed E-state index contributed by atoms with van der Waals surface area (Å²) in [4.78, 5) is 11.6. The van der Waals surface area contributed by atoms with Crippen LogP contribution in [-0.2, 0) is 4.74 Å². The highest BCUT2D eigenvalue weighted by Crippen LogP contribution is 2.22. The van der Waals surface area contributed by atoms with Gasteiger partial charge in [-0.25, -0.2) is 4.79 Å². The van der Waals surface area contributed by atoms with Gasteiger partial charge in [0.05, 0.1) is 13.2 Å². The van der Waals surface area contributed by atoms with Crippen LogP contribution in [0.5, 0.6) is 5.75 Å². The molecule has 0 spiro atoms. The van der Waals surface area contributed by atoms with Gasteiger partial charge < -0.3 is 20.4 Å². The molecular weight excluding hydrogens is 236 g/mol. The van der Waals surface area contributed by atoms with E-state index < -0.39 is 5.97 Å². The minimum atomic E-state index is -0.543. The Bertz CT molecular complexity index is 469. The highest BCUT2D eigenvalue weighted by Gasteiger charge is 2.16. The maximum Gasteiger partial charge on any atom is 0.341 e. The molecule has 0 saturated carbocycles. The summed E-state index contributed by atoms with van der Waals surface area (Å²) in [6, 6.07) is 4.64. The van der Waals surface area contributed by atoms with Gasteiger partial charge in [-0.15, -0.1) is 0 Å². The van der Waals surface area contributed by atoms with Crippen molar-refractivity contribution in [2.24, 2.45) is 10.9 Å². The predicted molar refractivity (Wildman–Crippen MR) is 66.1 cm³/mol. The molecule has 1 aromatic rings. The van der Waals surface area contributed by atoms with Gasteiger partial charge in [-0.1, -0.05) is 5.16 Å². The summed E-state index contributed by atoms with van der Waals surface area (Å²) in [5.41, 5.74) is 6.11. The molecule has 0 bridgehead atoms. The third kappa shape index (κ3) is 3.13. The van der Waals surface area contributed by atoms with Crippen LogP contribution in [0.2, 0.25) is 0 Å². The van der Waals surface area contributed by atoms with Crippen molar-refractivity contribution >= 4 is 11.8 Å². The van der Waals surface area contributed by atoms with Gasteiger partial charge in [0.15, 0.2) is 5.84 Å². The number of benzene rings is 1. The molecule has 0 heterocycles. The lowest BCUT2D eigenvalue weighted by Gasteiger charge is -2.14. The van der Waals surface area contributed by atoms with Crippen LogP contribution >= 0.6 is 0 Å². The summed E-state index contributed by atoms with van der Waals surface area (Å²) in [5.74, 6) is -0.235. The fourth-order valence-corrected chi connectivity index (χ4v) is 1.37. The van der Waals surface area contributed by atoms with E-state index in [9.17, 15) is 4.79 Å². The molecule has 0 radical (unpaired) electrons. The zero-order chi connectivity index (χ0) is 13.7. The molecule has 3 N–H and O–H groups in total. The molecule has 1 rings (SSSR count). The maximum absolute atomic E-state index is 11.6. The molecule has 0 unspecified atom stereocenters. The Hall–Kier alpha value is -2.24. The van der Waals surface area contributed by atoms with Crippen molar-refractivity contribution in [2.45, 2.75) is 20.0 Å². The molecular formula is C12H16N2O4. The molecule has 18 heavy (non-hydrogen) atoms. The zero-order valence-electron chi connectivity index (χ0n) is 10.5. The number of rotatable bonds is 4. The Labute approximate surface area is 105 Å². The summed E-state index contributed by atoms with van der Waals surface area (Å²) >= 11 is 0. The summed E-state index contributed by atoms with van der Waals surface area (Å²) in [5, 5.41) is 11.5. The largest absolute Gasteiger partial charge is 0.490 e. The van der Waals surface area contributed by atoms with Crippen LogP contribution < -0.4 is 10.5 Å². The van der Waals surface area contributed by atoms with Gasteiger partial charge in [-0.2, -0.15) is 0 Å². The first kappa shape index (κ1) is 13.8. The number of carbonyl (C=O) groups excluding carboxylic acids is 1. The summed E-state index contributed by atoms with van der Waals surface area (Å²) < 4.78 is 10.2. The summed E-state index contributed by atoms with van der Waals surface area (Å²) in [6.45, 7) is 3.69. The van der Waals surface area contributed by atoms with E-state index >= 15 is 0 Å². The Kier molecular flexibility index (Phi) is 4.53. The minimum absolute atomic E-state index is 0.0805. The second-order valence-electron chi connectivity index (χ2n) is 3.85. The van der Waals surface area contributed by atoms with Crippen LogP contribution in [0.1, 0.15) is 29.8 Å². The molecule has 0 aliphatic heterocycles. The molecule has 0 aliphatic carbocycles. The van der Waals surface area contributed by atoms with Crippen molar-refractivity contribution in [3.05, 3.63) is 29.3 Å². The van der Waals surface area contributed by atoms with Crippen LogP contribution in [0.25, 0.3) is 0 Å². The summed E-state index contributed by atoms with van der Waals surface area (Å²) in [6.07, 6.45) is -0.0805. The zero-order valence-corrected chi connectivity index (χ0v) is 10.5. The Balaban J connectivity index is 3.24. The van der Waals surface area contributed by atoms with Crippen molar-refractivity contribution in [2.75, 3.05) is 7.11 Å². The molecule has 98 valence electrons. The van der Waals surface area contributed by atoms with Crippen molar-refractivity contribution in [1.29, 1.82) is 0 Å². The lowest BCUT2D eigenvalue weighted by molar-refractivity contribution is 0.0594. The third-order valence-corrected chi connectivity index (χ3v) is 2.15. The number of esters is 1. The topological polar surface area (TPSA) is 94.1 Å². The van der Waals surface area contributed by atoms with E-state index in [1.165, 1.54) is 13.2 Å². The predicted octanol–water partition coefficient (Wildman–Crippen LogP) is 1.35. The monoisotopic (exact) mass is 252 g/mol. The van der Waals surface area contributed by atoms with Gasteiger partial charge in [0.2, 0.25) is 0 Å². The average Bonchev–Trinajstić information content (AvgIpc) is 2.36. The van der Waals surface area contributed by atoms with E-state index in [0.29, 0.717) is 11.3 Å². The number of ether oxygens (including phenoxy) is 2. The molecule has 0 saturated heterocycles. The first-order valence-electron chi connectivity index (χ1n) is 5.36. The molecule has 0 aliphatic rings. The van der Waals surface area contributed by atoms with Gasteiger partial charge in [-0.05, 0) is 32.0 Å². The quantitative estimate of drug-likeness (QED) is 0.277. The number of nitrogens with zero attached hydrogens (tertiary/aromatic N) is 1. The Morgan fingerprint density at radius 3 is 2.61 bits per heavy atom. The smallest absolute Gasteiger partial charge is 0.341 e. The normalized spacial score (nSPS) is 11.4. The Morgan fingerprint density at radius 1 is 1.44 bits per heavy atom. The van der Waals surface area contributed by atoms with Crippen LogP contribution in [0, 0.1) is 0 Å². The molecule has 6 nitrogen and oxygen atoms in total. The van der Waals surface area contributed by atoms with Gasteiger partial charge >= 0.3 is 5.97 Å². The number of amidine groups is 1. The van der Waals surface area contributed by atoms with Crippen LogP contribution in [0.3, 0.4) is 0 Å². The summed E-state index contributed by atoms with van der Waals surface area (Å²) in [7, 11) is 1.28. The SMILES string of the molecule is COC(=O)c1cc(/C(N)=N/O)ccc1OC(C)C. The average molecular weight is 252 g/mol. The molecule has 6 heteroatoms. The van der Waals surface area contributed by atoms with Gasteiger partial charge in [0, 0.05) is 5.56 Å². The third-order valence-electron chi connectivity index (χ3n) is 2.15. The molecule has 0 fully saturated rings. The highest BCUT2D eigenvalue weighted by molar-refractivity contribution is 6.01. The second-order valence-corrected chi connectivity index (χ2v) is 3.85. The van der Waals surface area contributed by atoms with Gasteiger partial charge in [0.1, 0.15) is 11.3 Å². The number of carbonyl (C=O) groups is 1. The first-order chi connectivity index (χ1) is 8.49. The van der Waals surface area contributed by atoms with Crippen molar-refractivity contribution < 1.29 is 19.5 Å². The number of hydrogen-bond acceptors (Lipinski definition) is 5. The van der Waals surface area contributed by atoms with Gasteiger partial charge in [0.25, 0.3) is 0 Å². The minimum Gasteiger partial charge on any atom is -0.490 e. The van der Waals surface area contributed by atoms with Crippen molar-refractivity contribution in [3.63, 3.8) is 0 Å². The Morgan fingerprint density at radius 2 is 2.11 bits per heavy atom. The lowest BCUT2D eigenvalue weighted by atomic mass is 10.1. The van der Waals surface area contributed by atoms with Gasteiger partial charge in [-0.3, -0.25) is 0 Å². The van der Waals surface area contributed by atoms with Crippen molar-refractivity contribution in [3.8, 4) is 5.75 Å². The molecule has 0 atom stereocenters. The van der Waals surface area contributed by atoms with E-state index in [1.807, 2.05) is 13.8 Å². The second kappa shape index (κ2) is 5.90. The molecule has 0 aromatic heterocycles. The van der Waals surface area contributed by atoms with Crippen LogP contribution in [0.4, 0.5) is 0 Å².